The maximum Gasteiger partial charge on any atom is 0.255 e. The van der Waals surface area contributed by atoms with Gasteiger partial charge < -0.3 is 15.2 Å². The van der Waals surface area contributed by atoms with E-state index in [-0.39, 0.29) is 17.7 Å². The number of imidazole rings is 1. The third-order valence-corrected chi connectivity index (χ3v) is 5.90. The van der Waals surface area contributed by atoms with Crippen LogP contribution >= 0.6 is 0 Å². The molecule has 2 heterocycles. The first-order valence-corrected chi connectivity index (χ1v) is 10.8. The number of anilines is 1. The summed E-state index contributed by atoms with van der Waals surface area (Å²) < 4.78 is 0. The Morgan fingerprint density at radius 3 is 2.44 bits per heavy atom. The zero-order chi connectivity index (χ0) is 22.2. The van der Waals surface area contributed by atoms with Crippen molar-refractivity contribution in [1.82, 2.24) is 14.9 Å². The first kappa shape index (κ1) is 20.0. The molecule has 1 atom stereocenters. The molecule has 0 saturated heterocycles. The first-order chi connectivity index (χ1) is 15.5. The molecule has 1 aliphatic rings. The summed E-state index contributed by atoms with van der Waals surface area (Å²) >= 11 is 0. The van der Waals surface area contributed by atoms with Crippen LogP contribution in [0.3, 0.4) is 0 Å². The van der Waals surface area contributed by atoms with Crippen LogP contribution in [0, 0.1) is 5.92 Å². The minimum Gasteiger partial charge on any atom is -0.338 e. The van der Waals surface area contributed by atoms with E-state index in [4.69, 9.17) is 0 Å². The van der Waals surface area contributed by atoms with Crippen LogP contribution in [0.5, 0.6) is 0 Å². The van der Waals surface area contributed by atoms with Crippen LogP contribution in [-0.2, 0) is 11.3 Å². The van der Waals surface area contributed by atoms with Gasteiger partial charge in [0.2, 0.25) is 5.91 Å². The second-order valence-electron chi connectivity index (χ2n) is 8.45. The van der Waals surface area contributed by atoms with Crippen molar-refractivity contribution in [2.24, 2.45) is 5.92 Å². The molecular weight excluding hydrogens is 400 g/mol. The van der Waals surface area contributed by atoms with Crippen molar-refractivity contribution in [3.63, 3.8) is 0 Å². The third kappa shape index (κ3) is 3.54. The van der Waals surface area contributed by atoms with Crippen molar-refractivity contribution >= 4 is 28.5 Å². The number of hydrogen-bond donors (Lipinski definition) is 2. The summed E-state index contributed by atoms with van der Waals surface area (Å²) in [6.07, 6.45) is 0. The van der Waals surface area contributed by atoms with E-state index >= 15 is 0 Å². The van der Waals surface area contributed by atoms with Crippen molar-refractivity contribution in [2.75, 3.05) is 5.32 Å². The van der Waals surface area contributed by atoms with Crippen LogP contribution in [-0.4, -0.2) is 32.7 Å². The molecule has 32 heavy (non-hydrogen) atoms. The van der Waals surface area contributed by atoms with E-state index in [9.17, 15) is 9.59 Å². The van der Waals surface area contributed by atoms with E-state index in [0.29, 0.717) is 17.8 Å². The lowest BCUT2D eigenvalue weighted by Crippen LogP contribution is -2.47. The molecule has 5 rings (SSSR count). The molecule has 2 N–H and O–H groups in total. The van der Waals surface area contributed by atoms with Crippen molar-refractivity contribution in [1.29, 1.82) is 0 Å². The molecule has 1 aromatic heterocycles. The van der Waals surface area contributed by atoms with Gasteiger partial charge in [-0.3, -0.25) is 9.59 Å². The summed E-state index contributed by atoms with van der Waals surface area (Å²) in [5, 5.41) is 2.99. The molecule has 0 spiro atoms. The molecule has 0 aliphatic carbocycles. The zero-order valence-corrected chi connectivity index (χ0v) is 18.0. The fraction of sp³-hybridized carbons (Fsp3) is 0.192. The summed E-state index contributed by atoms with van der Waals surface area (Å²) in [4.78, 5) is 35.7. The van der Waals surface area contributed by atoms with Gasteiger partial charge in [0.1, 0.15) is 11.9 Å². The maximum atomic E-state index is 13.2. The molecule has 0 bridgehead atoms. The molecule has 1 unspecified atom stereocenters. The largest absolute Gasteiger partial charge is 0.338 e. The molecular formula is C26H24N4O2. The van der Waals surface area contributed by atoms with Crippen LogP contribution in [0.1, 0.15) is 29.8 Å². The average molecular weight is 425 g/mol. The highest BCUT2D eigenvalue weighted by atomic mass is 16.2. The Morgan fingerprint density at radius 2 is 1.72 bits per heavy atom. The van der Waals surface area contributed by atoms with E-state index < -0.39 is 6.04 Å². The average Bonchev–Trinajstić information content (AvgIpc) is 3.36. The van der Waals surface area contributed by atoms with E-state index in [0.717, 1.165) is 28.0 Å². The van der Waals surface area contributed by atoms with Crippen LogP contribution < -0.4 is 5.32 Å². The number of nitrogens with one attached hydrogen (secondary N) is 2. The number of hydrogen-bond acceptors (Lipinski definition) is 3. The SMILES string of the molecule is CC(C)C(C(=O)Nc1ccc(-c2nc3ccccc3[nH]2)cc1)N1Cc2ccccc2C1=O. The zero-order valence-electron chi connectivity index (χ0n) is 18.0. The van der Waals surface area contributed by atoms with Gasteiger partial charge in [0.25, 0.3) is 5.91 Å². The Labute approximate surface area is 186 Å². The molecule has 6 heteroatoms. The molecule has 3 aromatic carbocycles. The quantitative estimate of drug-likeness (QED) is 0.481. The molecule has 160 valence electrons. The van der Waals surface area contributed by atoms with Crippen molar-refractivity contribution in [2.45, 2.75) is 26.4 Å². The number of aromatic amines is 1. The van der Waals surface area contributed by atoms with Crippen molar-refractivity contribution in [3.05, 3.63) is 83.9 Å². The van der Waals surface area contributed by atoms with Gasteiger partial charge in [-0.25, -0.2) is 4.98 Å². The monoisotopic (exact) mass is 424 g/mol. The van der Waals surface area contributed by atoms with Crippen LogP contribution in [0.15, 0.2) is 72.8 Å². The predicted octanol–water partition coefficient (Wildman–Crippen LogP) is 4.85. The topological polar surface area (TPSA) is 78.1 Å². The summed E-state index contributed by atoms with van der Waals surface area (Å²) in [6, 6.07) is 22.4. The van der Waals surface area contributed by atoms with Gasteiger partial charge in [0.05, 0.1) is 11.0 Å². The Hall–Kier alpha value is -3.93. The van der Waals surface area contributed by atoms with Crippen molar-refractivity contribution < 1.29 is 9.59 Å². The number of para-hydroxylation sites is 2. The fourth-order valence-electron chi connectivity index (χ4n) is 4.32. The van der Waals surface area contributed by atoms with E-state index in [1.165, 1.54) is 0 Å². The number of benzene rings is 3. The Morgan fingerprint density at radius 1 is 1.00 bits per heavy atom. The van der Waals surface area contributed by atoms with Crippen LogP contribution in [0.2, 0.25) is 0 Å². The number of aromatic nitrogens is 2. The molecule has 0 fully saturated rings. The fourth-order valence-corrected chi connectivity index (χ4v) is 4.32. The molecule has 0 radical (unpaired) electrons. The lowest BCUT2D eigenvalue weighted by molar-refractivity contribution is -0.122. The molecule has 0 saturated carbocycles. The van der Waals surface area contributed by atoms with E-state index in [1.54, 1.807) is 4.90 Å². The predicted molar refractivity (Wildman–Crippen MR) is 125 cm³/mol. The Balaban J connectivity index is 1.33. The summed E-state index contributed by atoms with van der Waals surface area (Å²) in [5.74, 6) is 0.486. The normalized spacial score (nSPS) is 14.1. The van der Waals surface area contributed by atoms with Crippen molar-refractivity contribution in [3.8, 4) is 11.4 Å². The number of carbonyl (C=O) groups is 2. The van der Waals surface area contributed by atoms with Gasteiger partial charge in [0, 0.05) is 23.4 Å². The smallest absolute Gasteiger partial charge is 0.255 e. The summed E-state index contributed by atoms with van der Waals surface area (Å²) in [6.45, 7) is 4.38. The summed E-state index contributed by atoms with van der Waals surface area (Å²) in [7, 11) is 0. The van der Waals surface area contributed by atoms with Gasteiger partial charge in [-0.15, -0.1) is 0 Å². The second-order valence-corrected chi connectivity index (χ2v) is 8.45. The minimum absolute atomic E-state index is 0.0249. The van der Waals surface area contributed by atoms with Gasteiger partial charge in [-0.1, -0.05) is 44.2 Å². The van der Waals surface area contributed by atoms with Crippen LogP contribution in [0.4, 0.5) is 5.69 Å². The van der Waals surface area contributed by atoms with Gasteiger partial charge in [0.15, 0.2) is 0 Å². The third-order valence-electron chi connectivity index (χ3n) is 5.90. The maximum absolute atomic E-state index is 13.2. The number of amides is 2. The number of fused-ring (bicyclic) bond motifs is 2. The molecule has 6 nitrogen and oxygen atoms in total. The van der Waals surface area contributed by atoms with Gasteiger partial charge >= 0.3 is 0 Å². The van der Waals surface area contributed by atoms with Crippen LogP contribution in [0.25, 0.3) is 22.4 Å². The number of H-pyrrole nitrogens is 1. The molecule has 4 aromatic rings. The Bertz CT molecular complexity index is 1270. The van der Waals surface area contributed by atoms with E-state index in [2.05, 4.69) is 15.3 Å². The Kier molecular flexibility index (Phi) is 4.98. The highest BCUT2D eigenvalue weighted by molar-refractivity contribution is 6.03. The lowest BCUT2D eigenvalue weighted by atomic mass is 10.0. The standard InChI is InChI=1S/C26H24N4O2/c1-16(2)23(30-15-18-7-3-4-8-20(18)26(30)32)25(31)27-19-13-11-17(12-14-19)24-28-21-9-5-6-10-22(21)29-24/h3-14,16,23H,15H2,1-2H3,(H,27,31)(H,28,29). The lowest BCUT2D eigenvalue weighted by Gasteiger charge is -2.30. The van der Waals surface area contributed by atoms with Gasteiger partial charge in [-0.2, -0.15) is 0 Å². The molecule has 2 amide bonds. The number of carbonyl (C=O) groups excluding carboxylic acids is 2. The second kappa shape index (κ2) is 7.96. The molecule has 1 aliphatic heterocycles. The van der Waals surface area contributed by atoms with Gasteiger partial charge in [-0.05, 0) is 53.9 Å². The minimum atomic E-state index is -0.551. The highest BCUT2D eigenvalue weighted by Crippen LogP contribution is 2.28. The highest BCUT2D eigenvalue weighted by Gasteiger charge is 2.37. The number of rotatable bonds is 5. The number of nitrogens with zero attached hydrogens (tertiary/aromatic N) is 2. The first-order valence-electron chi connectivity index (χ1n) is 10.8. The summed E-state index contributed by atoms with van der Waals surface area (Å²) in [5.41, 5.74) is 5.16. The van der Waals surface area contributed by atoms with E-state index in [1.807, 2.05) is 86.6 Å².